The number of amides is 2. The van der Waals surface area contributed by atoms with Crippen molar-refractivity contribution < 1.29 is 17.9 Å². The third-order valence-corrected chi connectivity index (χ3v) is 4.87. The zero-order chi connectivity index (χ0) is 17.9. The lowest BCUT2D eigenvalue weighted by Crippen LogP contribution is -2.38. The van der Waals surface area contributed by atoms with Gasteiger partial charge in [0.15, 0.2) is 9.84 Å². The molecule has 0 spiro atoms. The van der Waals surface area contributed by atoms with Gasteiger partial charge >= 0.3 is 6.03 Å². The lowest BCUT2D eigenvalue weighted by Gasteiger charge is -2.12. The fourth-order valence-electron chi connectivity index (χ4n) is 2.28. The molecule has 2 aromatic carbocycles. The van der Waals surface area contributed by atoms with E-state index in [1.807, 2.05) is 0 Å². The summed E-state index contributed by atoms with van der Waals surface area (Å²) >= 11 is 0. The topological polar surface area (TPSA) is 111 Å². The summed E-state index contributed by atoms with van der Waals surface area (Å²) in [4.78, 5) is 11.9. The zero-order valence-corrected chi connectivity index (χ0v) is 14.0. The average Bonchev–Trinajstić information content (AvgIpc) is 2.90. The van der Waals surface area contributed by atoms with E-state index in [2.05, 4.69) is 10.6 Å². The molecule has 1 aliphatic heterocycles. The molecule has 0 radical (unpaired) electrons. The van der Waals surface area contributed by atoms with Crippen molar-refractivity contribution in [3.05, 3.63) is 60.0 Å². The number of hydrogen-bond donors (Lipinski definition) is 3. The molecule has 7 nitrogen and oxygen atoms in total. The van der Waals surface area contributed by atoms with Crippen LogP contribution in [0, 0.1) is 0 Å². The maximum absolute atomic E-state index is 11.9. The van der Waals surface area contributed by atoms with Gasteiger partial charge in [-0.05, 0) is 54.6 Å². The van der Waals surface area contributed by atoms with E-state index >= 15 is 0 Å². The molecule has 1 atom stereocenters. The SMILES string of the molecule is Nc1ccc(Oc2ccc(NC(=O)NC3C=CS(=O)(=O)C3)cc2)cc1. The van der Waals surface area contributed by atoms with Crippen LogP contribution < -0.4 is 21.1 Å². The number of nitrogen functional groups attached to an aromatic ring is 1. The number of ether oxygens (including phenoxy) is 1. The van der Waals surface area contributed by atoms with Crippen molar-refractivity contribution in [3.8, 4) is 11.5 Å². The molecule has 2 aromatic rings. The molecule has 1 heterocycles. The quantitative estimate of drug-likeness (QED) is 0.727. The van der Waals surface area contributed by atoms with Crippen LogP contribution in [0.25, 0.3) is 0 Å². The van der Waals surface area contributed by atoms with Crippen LogP contribution in [0.4, 0.5) is 16.2 Å². The molecule has 3 rings (SSSR count). The monoisotopic (exact) mass is 359 g/mol. The first kappa shape index (κ1) is 16.8. The van der Waals surface area contributed by atoms with Gasteiger partial charge in [0.2, 0.25) is 0 Å². The Morgan fingerprint density at radius 2 is 1.64 bits per heavy atom. The number of nitrogens with two attached hydrogens (primary N) is 1. The highest BCUT2D eigenvalue weighted by Crippen LogP contribution is 2.23. The largest absolute Gasteiger partial charge is 0.457 e. The summed E-state index contributed by atoms with van der Waals surface area (Å²) in [5, 5.41) is 6.34. The number of urea groups is 1. The molecule has 1 aliphatic rings. The lowest BCUT2D eigenvalue weighted by atomic mass is 10.3. The van der Waals surface area contributed by atoms with Gasteiger partial charge in [0, 0.05) is 16.8 Å². The number of carbonyl (C=O) groups is 1. The molecular formula is C17H17N3O4S. The maximum atomic E-state index is 11.9. The van der Waals surface area contributed by atoms with Gasteiger partial charge in [-0.3, -0.25) is 0 Å². The standard InChI is InChI=1S/C17H17N3O4S/c18-12-1-5-15(6-2-12)24-16-7-3-13(4-8-16)19-17(21)20-14-9-10-25(22,23)11-14/h1-10,14H,11,18H2,(H2,19,20,21). The van der Waals surface area contributed by atoms with Crippen LogP contribution in [0.1, 0.15) is 0 Å². The second kappa shape index (κ2) is 6.86. The minimum absolute atomic E-state index is 0.116. The molecule has 8 heteroatoms. The molecule has 2 amide bonds. The van der Waals surface area contributed by atoms with E-state index in [1.54, 1.807) is 48.5 Å². The number of rotatable bonds is 4. The summed E-state index contributed by atoms with van der Waals surface area (Å²) in [7, 11) is -3.20. The van der Waals surface area contributed by atoms with Crippen molar-refractivity contribution in [1.82, 2.24) is 5.32 Å². The highest BCUT2D eigenvalue weighted by Gasteiger charge is 2.22. The van der Waals surface area contributed by atoms with E-state index < -0.39 is 21.9 Å². The number of carbonyl (C=O) groups excluding carboxylic acids is 1. The minimum atomic E-state index is -3.20. The summed E-state index contributed by atoms with van der Waals surface area (Å²) < 4.78 is 28.3. The Hall–Kier alpha value is -3.00. The average molecular weight is 359 g/mol. The molecule has 1 unspecified atom stereocenters. The number of anilines is 2. The minimum Gasteiger partial charge on any atom is -0.457 e. The van der Waals surface area contributed by atoms with Crippen LogP contribution in [0.15, 0.2) is 60.0 Å². The smallest absolute Gasteiger partial charge is 0.319 e. The van der Waals surface area contributed by atoms with Crippen LogP contribution in [0.5, 0.6) is 11.5 Å². The first-order chi connectivity index (χ1) is 11.9. The molecule has 0 bridgehead atoms. The van der Waals surface area contributed by atoms with Crippen LogP contribution in [0.3, 0.4) is 0 Å². The summed E-state index contributed by atoms with van der Waals surface area (Å²) in [5.74, 6) is 1.15. The van der Waals surface area contributed by atoms with Crippen LogP contribution >= 0.6 is 0 Å². The molecule has 130 valence electrons. The highest BCUT2D eigenvalue weighted by molar-refractivity contribution is 7.94. The second-order valence-corrected chi connectivity index (χ2v) is 7.49. The third-order valence-electron chi connectivity index (χ3n) is 3.47. The van der Waals surface area contributed by atoms with Gasteiger partial charge in [-0.2, -0.15) is 0 Å². The van der Waals surface area contributed by atoms with Gasteiger partial charge in [-0.25, -0.2) is 13.2 Å². The van der Waals surface area contributed by atoms with E-state index in [1.165, 1.54) is 6.08 Å². The first-order valence-corrected chi connectivity index (χ1v) is 9.23. The number of benzene rings is 2. The Bertz CT molecular complexity index is 890. The van der Waals surface area contributed by atoms with Gasteiger partial charge in [0.1, 0.15) is 11.5 Å². The number of hydrogen-bond acceptors (Lipinski definition) is 5. The van der Waals surface area contributed by atoms with Crippen LogP contribution in [0.2, 0.25) is 0 Å². The van der Waals surface area contributed by atoms with Gasteiger partial charge in [-0.15, -0.1) is 0 Å². The molecule has 0 aliphatic carbocycles. The number of sulfone groups is 1. The van der Waals surface area contributed by atoms with Gasteiger partial charge in [0.05, 0.1) is 11.8 Å². The fraction of sp³-hybridized carbons (Fsp3) is 0.118. The molecule has 0 fully saturated rings. The normalized spacial score (nSPS) is 17.8. The van der Waals surface area contributed by atoms with Gasteiger partial charge in [0.25, 0.3) is 0 Å². The molecule has 0 aromatic heterocycles. The Morgan fingerprint density at radius 3 is 2.20 bits per heavy atom. The molecular weight excluding hydrogens is 342 g/mol. The fourth-order valence-corrected chi connectivity index (χ4v) is 3.51. The predicted octanol–water partition coefficient (Wildman–Crippen LogP) is 2.49. The zero-order valence-electron chi connectivity index (χ0n) is 13.2. The summed E-state index contributed by atoms with van der Waals surface area (Å²) in [6.07, 6.45) is 1.46. The van der Waals surface area contributed by atoms with Crippen molar-refractivity contribution in [2.24, 2.45) is 0 Å². The Kier molecular flexibility index (Phi) is 4.62. The second-order valence-electron chi connectivity index (χ2n) is 5.56. The van der Waals surface area contributed by atoms with Crippen molar-refractivity contribution >= 4 is 27.2 Å². The van der Waals surface area contributed by atoms with E-state index in [0.29, 0.717) is 22.9 Å². The molecule has 0 saturated carbocycles. The van der Waals surface area contributed by atoms with Gasteiger partial charge in [-0.1, -0.05) is 0 Å². The van der Waals surface area contributed by atoms with Crippen molar-refractivity contribution in [1.29, 1.82) is 0 Å². The van der Waals surface area contributed by atoms with Crippen molar-refractivity contribution in [3.63, 3.8) is 0 Å². The van der Waals surface area contributed by atoms with E-state index in [-0.39, 0.29) is 5.75 Å². The third kappa shape index (κ3) is 4.74. The van der Waals surface area contributed by atoms with E-state index in [0.717, 1.165) is 5.41 Å². The summed E-state index contributed by atoms with van der Waals surface area (Å²) in [5.41, 5.74) is 6.84. The lowest BCUT2D eigenvalue weighted by molar-refractivity contribution is 0.251. The van der Waals surface area contributed by atoms with Crippen LogP contribution in [-0.4, -0.2) is 26.2 Å². The Labute approximate surface area is 145 Å². The van der Waals surface area contributed by atoms with Crippen LogP contribution in [-0.2, 0) is 9.84 Å². The first-order valence-electron chi connectivity index (χ1n) is 7.52. The number of nitrogens with one attached hydrogen (secondary N) is 2. The molecule has 4 N–H and O–H groups in total. The molecule has 25 heavy (non-hydrogen) atoms. The summed E-state index contributed by atoms with van der Waals surface area (Å²) in [6.45, 7) is 0. The molecule has 0 saturated heterocycles. The Morgan fingerprint density at radius 1 is 1.04 bits per heavy atom. The Balaban J connectivity index is 1.54. The van der Waals surface area contributed by atoms with E-state index in [9.17, 15) is 13.2 Å². The highest BCUT2D eigenvalue weighted by atomic mass is 32.2. The predicted molar refractivity (Wildman–Crippen MR) is 96.2 cm³/mol. The van der Waals surface area contributed by atoms with Crippen molar-refractivity contribution in [2.45, 2.75) is 6.04 Å². The van der Waals surface area contributed by atoms with Crippen molar-refractivity contribution in [2.75, 3.05) is 16.8 Å². The van der Waals surface area contributed by atoms with Gasteiger partial charge < -0.3 is 21.1 Å². The maximum Gasteiger partial charge on any atom is 0.319 e. The summed E-state index contributed by atoms with van der Waals surface area (Å²) in [6, 6.07) is 12.8. The van der Waals surface area contributed by atoms with E-state index in [4.69, 9.17) is 10.5 Å².